The maximum Gasteiger partial charge on any atom is 0.225 e. The molecular weight excluding hydrogens is 502 g/mol. The maximum absolute atomic E-state index is 5.33. The highest BCUT2D eigenvalue weighted by molar-refractivity contribution is 7.99. The summed E-state index contributed by atoms with van der Waals surface area (Å²) in [5.74, 6) is 3.75. The zero-order valence-corrected chi connectivity index (χ0v) is 24.7. The Labute approximate surface area is 238 Å². The third-order valence-corrected chi connectivity index (χ3v) is 10.3. The van der Waals surface area contributed by atoms with Gasteiger partial charge in [-0.1, -0.05) is 43.5 Å². The molecule has 2 aliphatic carbocycles. The first-order valence-electron chi connectivity index (χ1n) is 14.7. The van der Waals surface area contributed by atoms with Crippen LogP contribution in [0.25, 0.3) is 10.9 Å². The van der Waals surface area contributed by atoms with Crippen molar-refractivity contribution in [2.45, 2.75) is 86.8 Å². The Balaban J connectivity index is 1.10. The number of para-hydroxylation sites is 1. The third-order valence-electron chi connectivity index (χ3n) is 8.55. The fourth-order valence-corrected chi connectivity index (χ4v) is 7.70. The van der Waals surface area contributed by atoms with E-state index in [1.54, 1.807) is 7.11 Å². The molecule has 210 valence electrons. The number of benzene rings is 2. The molecule has 2 fully saturated rings. The van der Waals surface area contributed by atoms with Gasteiger partial charge in [0.2, 0.25) is 5.95 Å². The van der Waals surface area contributed by atoms with E-state index in [-0.39, 0.29) is 0 Å². The highest BCUT2D eigenvalue weighted by Gasteiger charge is 2.32. The van der Waals surface area contributed by atoms with Gasteiger partial charge in [0, 0.05) is 42.1 Å². The summed E-state index contributed by atoms with van der Waals surface area (Å²) < 4.78 is 5.75. The molecule has 39 heavy (non-hydrogen) atoms. The topological polar surface area (TPSA) is 62.3 Å². The van der Waals surface area contributed by atoms with Crippen LogP contribution in [0.1, 0.15) is 69.8 Å². The average molecular weight is 548 g/mol. The zero-order valence-electron chi connectivity index (χ0n) is 23.9. The lowest BCUT2D eigenvalue weighted by Crippen LogP contribution is -2.40. The van der Waals surface area contributed by atoms with Gasteiger partial charge in [0.1, 0.15) is 11.6 Å². The van der Waals surface area contributed by atoms with Crippen LogP contribution in [0.5, 0.6) is 5.75 Å². The second kappa shape index (κ2) is 13.2. The number of methoxy groups -OCH3 is 1. The minimum atomic E-state index is 0.418. The van der Waals surface area contributed by atoms with E-state index in [1.165, 1.54) is 56.9 Å². The van der Waals surface area contributed by atoms with Crippen molar-refractivity contribution < 1.29 is 4.74 Å². The molecule has 0 atom stereocenters. The second-order valence-corrected chi connectivity index (χ2v) is 13.0. The molecule has 0 aliphatic heterocycles. The number of anilines is 2. The van der Waals surface area contributed by atoms with Crippen LogP contribution in [0.15, 0.2) is 48.5 Å². The van der Waals surface area contributed by atoms with Gasteiger partial charge in [0.15, 0.2) is 0 Å². The smallest absolute Gasteiger partial charge is 0.225 e. The summed E-state index contributed by atoms with van der Waals surface area (Å²) in [7, 11) is 5.83. The zero-order chi connectivity index (χ0) is 27.1. The van der Waals surface area contributed by atoms with Crippen molar-refractivity contribution in [1.82, 2.24) is 15.3 Å². The fraction of sp³-hybridized carbons (Fsp3) is 0.562. The Morgan fingerprint density at radius 3 is 2.36 bits per heavy atom. The molecule has 0 amide bonds. The van der Waals surface area contributed by atoms with Crippen LogP contribution in [0.4, 0.5) is 11.8 Å². The summed E-state index contributed by atoms with van der Waals surface area (Å²) in [6, 6.07) is 17.9. The molecule has 5 rings (SSSR count). The Kier molecular flexibility index (Phi) is 9.51. The lowest BCUT2D eigenvalue weighted by Gasteiger charge is -2.38. The van der Waals surface area contributed by atoms with Crippen LogP contribution in [-0.2, 0) is 5.75 Å². The fourth-order valence-electron chi connectivity index (χ4n) is 6.21. The molecule has 2 N–H and O–H groups in total. The highest BCUT2D eigenvalue weighted by Crippen LogP contribution is 2.44. The monoisotopic (exact) mass is 547 g/mol. The molecule has 0 spiro atoms. The molecule has 0 unspecified atom stereocenters. The summed E-state index contributed by atoms with van der Waals surface area (Å²) in [5.41, 5.74) is 2.40. The summed E-state index contributed by atoms with van der Waals surface area (Å²) in [6.45, 7) is 1.12. The number of hydrogen-bond donors (Lipinski definition) is 2. The van der Waals surface area contributed by atoms with E-state index in [4.69, 9.17) is 14.7 Å². The van der Waals surface area contributed by atoms with E-state index in [9.17, 15) is 0 Å². The number of fused-ring (bicyclic) bond motifs is 1. The summed E-state index contributed by atoms with van der Waals surface area (Å²) in [4.78, 5) is 11.7. The van der Waals surface area contributed by atoms with Crippen molar-refractivity contribution >= 4 is 34.4 Å². The van der Waals surface area contributed by atoms with Gasteiger partial charge in [-0.05, 0) is 81.3 Å². The van der Waals surface area contributed by atoms with Gasteiger partial charge in [-0.15, -0.1) is 0 Å². The largest absolute Gasteiger partial charge is 0.497 e. The molecule has 2 aromatic carbocycles. The minimum Gasteiger partial charge on any atom is -0.497 e. The quantitative estimate of drug-likeness (QED) is 0.267. The standard InChI is InChI=1S/C32H45N5OS/c1-37(2)30-28-9-5-6-10-29(28)35-31(36-30)34-26-15-13-25(14-16-26)33-22-21-32(19-7-4-8-20-32)39-23-24-11-17-27(38-3)18-12-24/h5-6,9-12,17-18,25-26,33H,4,7-8,13-16,19-23H2,1-3H3,(H,34,35,36)/t25-,26+. The summed E-state index contributed by atoms with van der Waals surface area (Å²) in [6.07, 6.45) is 12.8. The van der Waals surface area contributed by atoms with Crippen molar-refractivity contribution in [3.8, 4) is 5.75 Å². The molecule has 6 nitrogen and oxygen atoms in total. The lowest BCUT2D eigenvalue weighted by molar-refractivity contribution is 0.326. The SMILES string of the molecule is COc1ccc(CSC2(CCN[C@H]3CC[C@@H](Nc4nc(N(C)C)c5ccccc5n4)CC3)CCCCC2)cc1. The molecule has 7 heteroatoms. The van der Waals surface area contributed by atoms with Crippen molar-refractivity contribution in [1.29, 1.82) is 0 Å². The molecule has 2 aliphatic rings. The first kappa shape index (κ1) is 28.0. The third kappa shape index (κ3) is 7.37. The van der Waals surface area contributed by atoms with E-state index in [1.807, 2.05) is 20.2 Å². The van der Waals surface area contributed by atoms with Gasteiger partial charge in [0.05, 0.1) is 12.6 Å². The van der Waals surface area contributed by atoms with Gasteiger partial charge in [-0.2, -0.15) is 16.7 Å². The van der Waals surface area contributed by atoms with E-state index < -0.39 is 0 Å². The molecule has 3 aromatic rings. The van der Waals surface area contributed by atoms with Crippen LogP contribution < -0.4 is 20.3 Å². The van der Waals surface area contributed by atoms with Gasteiger partial charge >= 0.3 is 0 Å². The Hall–Kier alpha value is -2.51. The van der Waals surface area contributed by atoms with E-state index in [2.05, 4.69) is 69.8 Å². The first-order chi connectivity index (χ1) is 19.0. The van der Waals surface area contributed by atoms with E-state index in [0.717, 1.165) is 53.6 Å². The minimum absolute atomic E-state index is 0.418. The average Bonchev–Trinajstić information content (AvgIpc) is 2.97. The van der Waals surface area contributed by atoms with Crippen molar-refractivity contribution in [3.05, 3.63) is 54.1 Å². The number of ether oxygens (including phenoxy) is 1. The van der Waals surface area contributed by atoms with Crippen LogP contribution in [0, 0.1) is 0 Å². The molecule has 2 saturated carbocycles. The van der Waals surface area contributed by atoms with E-state index in [0.29, 0.717) is 16.8 Å². The maximum atomic E-state index is 5.33. The normalized spacial score (nSPS) is 21.0. The summed E-state index contributed by atoms with van der Waals surface area (Å²) >= 11 is 2.20. The molecule has 1 aromatic heterocycles. The number of rotatable bonds is 11. The number of aromatic nitrogens is 2. The first-order valence-corrected chi connectivity index (χ1v) is 15.7. The van der Waals surface area contributed by atoms with Crippen molar-refractivity contribution in [3.63, 3.8) is 0 Å². The van der Waals surface area contributed by atoms with Gasteiger partial charge in [-0.3, -0.25) is 0 Å². The predicted octanol–water partition coefficient (Wildman–Crippen LogP) is 7.04. The second-order valence-electron chi connectivity index (χ2n) is 11.6. The number of nitrogens with zero attached hydrogens (tertiary/aromatic N) is 3. The van der Waals surface area contributed by atoms with Gasteiger partial charge < -0.3 is 20.3 Å². The van der Waals surface area contributed by atoms with E-state index >= 15 is 0 Å². The molecule has 0 bridgehead atoms. The molecular formula is C32H45N5OS. The predicted molar refractivity (Wildman–Crippen MR) is 166 cm³/mol. The Bertz CT molecular complexity index is 1190. The van der Waals surface area contributed by atoms with Crippen LogP contribution in [-0.4, -0.2) is 54.5 Å². The Morgan fingerprint density at radius 2 is 1.64 bits per heavy atom. The number of nitrogens with one attached hydrogen (secondary N) is 2. The van der Waals surface area contributed by atoms with Crippen molar-refractivity contribution in [2.24, 2.45) is 0 Å². The molecule has 0 saturated heterocycles. The van der Waals surface area contributed by atoms with Crippen LogP contribution in [0.2, 0.25) is 0 Å². The Morgan fingerprint density at radius 1 is 0.923 bits per heavy atom. The van der Waals surface area contributed by atoms with Crippen LogP contribution in [0.3, 0.4) is 0 Å². The van der Waals surface area contributed by atoms with Crippen molar-refractivity contribution in [2.75, 3.05) is 38.0 Å². The lowest BCUT2D eigenvalue weighted by atomic mass is 9.85. The highest BCUT2D eigenvalue weighted by atomic mass is 32.2. The molecule has 0 radical (unpaired) electrons. The summed E-state index contributed by atoms with van der Waals surface area (Å²) in [5, 5.41) is 8.69. The van der Waals surface area contributed by atoms with Crippen LogP contribution >= 0.6 is 11.8 Å². The number of hydrogen-bond acceptors (Lipinski definition) is 7. The number of thioether (sulfide) groups is 1. The van der Waals surface area contributed by atoms with Gasteiger partial charge in [-0.25, -0.2) is 4.98 Å². The molecule has 1 heterocycles. The van der Waals surface area contributed by atoms with Gasteiger partial charge in [0.25, 0.3) is 0 Å².